The summed E-state index contributed by atoms with van der Waals surface area (Å²) in [7, 11) is -1.12. The third-order valence-corrected chi connectivity index (χ3v) is 9.27. The Hall–Kier alpha value is -3.62. The van der Waals surface area contributed by atoms with Crippen LogP contribution in [-0.4, -0.2) is 82.8 Å². The molecule has 2 N–H and O–H groups in total. The first-order chi connectivity index (χ1) is 19.6. The van der Waals surface area contributed by atoms with Crippen LogP contribution in [0.5, 0.6) is 0 Å². The van der Waals surface area contributed by atoms with Crippen molar-refractivity contribution in [2.75, 3.05) is 43.6 Å². The fraction of sp³-hybridized carbons (Fsp3) is 0.444. The molecule has 1 fully saturated rings. The highest BCUT2D eigenvalue weighted by atomic mass is 32.2. The number of hydrogen-bond donors (Lipinski definition) is 2. The lowest BCUT2D eigenvalue weighted by Crippen LogP contribution is -2.27. The highest BCUT2D eigenvalue weighted by Crippen LogP contribution is 2.28. The Labute approximate surface area is 243 Å². The largest absolute Gasteiger partial charge is 0.462 e. The molecule has 1 aliphatic rings. The van der Waals surface area contributed by atoms with Crippen molar-refractivity contribution < 1.29 is 17.9 Å². The maximum absolute atomic E-state index is 12.3. The number of hydrogen-bond acceptors (Lipinski definition) is 12. The van der Waals surface area contributed by atoms with Gasteiger partial charge >= 0.3 is 5.97 Å². The van der Waals surface area contributed by atoms with Crippen molar-refractivity contribution in [3.8, 4) is 0 Å². The van der Waals surface area contributed by atoms with E-state index in [1.807, 2.05) is 4.57 Å². The van der Waals surface area contributed by atoms with Crippen LogP contribution < -0.4 is 10.6 Å². The van der Waals surface area contributed by atoms with E-state index in [1.54, 1.807) is 44.4 Å². The fourth-order valence-electron chi connectivity index (χ4n) is 4.91. The van der Waals surface area contributed by atoms with E-state index < -0.39 is 15.8 Å². The quantitative estimate of drug-likeness (QED) is 0.243. The Kier molecular flexibility index (Phi) is 8.52. The molecule has 0 aliphatic carbocycles. The molecule has 1 atom stereocenters. The van der Waals surface area contributed by atoms with Gasteiger partial charge in [0.15, 0.2) is 32.0 Å². The lowest BCUT2D eigenvalue weighted by molar-refractivity contribution is 0.0531. The van der Waals surface area contributed by atoms with E-state index in [9.17, 15) is 13.2 Å². The average molecular weight is 599 g/mol. The normalized spacial score (nSPS) is 15.9. The lowest BCUT2D eigenvalue weighted by atomic mass is 10.1. The standard InChI is InChI=1S/C27H34N8O4S2/c1-5-39-25(36)22-17(2)30-27(40-22)33-26-31-23(28-13-12-19-7-6-14-34(19)3)21-24(32-26)35(16-29-21)15-18-8-10-20(11-9-18)41(4,37)38/h8-11,16,19H,5-7,12-15H2,1-4H3,(H2,28,30,31,32,33). The number of aromatic nitrogens is 5. The van der Waals surface area contributed by atoms with E-state index in [4.69, 9.17) is 14.7 Å². The summed E-state index contributed by atoms with van der Waals surface area (Å²) in [5, 5.41) is 7.10. The molecule has 1 aromatic carbocycles. The number of imidazole rings is 1. The predicted octanol–water partition coefficient (Wildman–Crippen LogP) is 3.86. The van der Waals surface area contributed by atoms with Crippen LogP contribution in [0, 0.1) is 6.92 Å². The van der Waals surface area contributed by atoms with Crippen molar-refractivity contribution in [3.05, 3.63) is 46.7 Å². The van der Waals surface area contributed by atoms with Gasteiger partial charge in [0.05, 0.1) is 30.1 Å². The lowest BCUT2D eigenvalue weighted by Gasteiger charge is -2.19. The molecule has 3 aromatic heterocycles. The third-order valence-electron chi connectivity index (χ3n) is 7.09. The summed E-state index contributed by atoms with van der Waals surface area (Å²) in [5.74, 6) is 0.505. The number of aryl methyl sites for hydroxylation is 1. The molecule has 218 valence electrons. The molecule has 41 heavy (non-hydrogen) atoms. The zero-order valence-corrected chi connectivity index (χ0v) is 25.2. The molecule has 1 aliphatic heterocycles. The molecule has 0 saturated carbocycles. The first kappa shape index (κ1) is 28.9. The van der Waals surface area contributed by atoms with E-state index in [-0.39, 0.29) is 11.5 Å². The van der Waals surface area contributed by atoms with Gasteiger partial charge in [-0.15, -0.1) is 0 Å². The Morgan fingerprint density at radius 3 is 2.66 bits per heavy atom. The fourth-order valence-corrected chi connectivity index (χ4v) is 6.39. The maximum atomic E-state index is 12.3. The first-order valence-electron chi connectivity index (χ1n) is 13.5. The molecule has 1 saturated heterocycles. The zero-order valence-electron chi connectivity index (χ0n) is 23.5. The summed E-state index contributed by atoms with van der Waals surface area (Å²) in [6.45, 7) is 6.09. The summed E-state index contributed by atoms with van der Waals surface area (Å²) in [5.41, 5.74) is 2.71. The van der Waals surface area contributed by atoms with Gasteiger partial charge in [0.25, 0.3) is 0 Å². The summed E-state index contributed by atoms with van der Waals surface area (Å²) < 4.78 is 30.8. The van der Waals surface area contributed by atoms with E-state index in [2.05, 4.69) is 32.5 Å². The first-order valence-corrected chi connectivity index (χ1v) is 16.2. The number of carbonyl (C=O) groups is 1. The third kappa shape index (κ3) is 6.66. The predicted molar refractivity (Wildman–Crippen MR) is 159 cm³/mol. The number of thiazole rings is 1. The van der Waals surface area contributed by atoms with Crippen LogP contribution >= 0.6 is 11.3 Å². The second kappa shape index (κ2) is 12.1. The van der Waals surface area contributed by atoms with Crippen LogP contribution in [0.25, 0.3) is 11.2 Å². The van der Waals surface area contributed by atoms with Gasteiger partial charge in [-0.3, -0.25) is 5.32 Å². The number of carbonyl (C=O) groups excluding carboxylic acids is 1. The van der Waals surface area contributed by atoms with Crippen LogP contribution in [0.2, 0.25) is 0 Å². The summed E-state index contributed by atoms with van der Waals surface area (Å²) >= 11 is 1.19. The number of sulfone groups is 1. The van der Waals surface area contributed by atoms with Crippen LogP contribution in [0.1, 0.15) is 47.1 Å². The van der Waals surface area contributed by atoms with E-state index in [0.29, 0.717) is 51.2 Å². The molecule has 4 aromatic rings. The van der Waals surface area contributed by atoms with Gasteiger partial charge in [-0.05, 0) is 64.4 Å². The van der Waals surface area contributed by atoms with Crippen molar-refractivity contribution >= 4 is 55.2 Å². The molecule has 14 heteroatoms. The molecule has 12 nitrogen and oxygen atoms in total. The minimum absolute atomic E-state index is 0.269. The number of rotatable bonds is 11. The Bertz CT molecular complexity index is 1650. The molecule has 1 unspecified atom stereocenters. The molecular formula is C27H34N8O4S2. The van der Waals surface area contributed by atoms with Gasteiger partial charge in [0.2, 0.25) is 5.95 Å². The minimum Gasteiger partial charge on any atom is -0.462 e. The van der Waals surface area contributed by atoms with E-state index >= 15 is 0 Å². The number of benzene rings is 1. The van der Waals surface area contributed by atoms with Gasteiger partial charge in [0.1, 0.15) is 4.88 Å². The van der Waals surface area contributed by atoms with Crippen molar-refractivity contribution in [1.82, 2.24) is 29.4 Å². The number of nitrogens with one attached hydrogen (secondary N) is 2. The SMILES string of the molecule is CCOC(=O)c1sc(Nc2nc(NCCC3CCCN3C)c3ncn(Cc4ccc(S(C)(=O)=O)cc4)c3n2)nc1C. The molecule has 0 bridgehead atoms. The van der Waals surface area contributed by atoms with Crippen molar-refractivity contribution in [1.29, 1.82) is 0 Å². The van der Waals surface area contributed by atoms with Gasteiger partial charge in [-0.2, -0.15) is 9.97 Å². The van der Waals surface area contributed by atoms with E-state index in [1.165, 1.54) is 30.4 Å². The monoisotopic (exact) mass is 598 g/mol. The van der Waals surface area contributed by atoms with Crippen molar-refractivity contribution in [2.24, 2.45) is 0 Å². The summed E-state index contributed by atoms with van der Waals surface area (Å²) in [6, 6.07) is 7.31. The summed E-state index contributed by atoms with van der Waals surface area (Å²) in [6.07, 6.45) is 6.27. The molecule has 0 spiro atoms. The van der Waals surface area contributed by atoms with Crippen LogP contribution in [-0.2, 0) is 21.1 Å². The van der Waals surface area contributed by atoms with E-state index in [0.717, 1.165) is 25.1 Å². The van der Waals surface area contributed by atoms with Crippen LogP contribution in [0.3, 0.4) is 0 Å². The minimum atomic E-state index is -3.28. The molecule has 4 heterocycles. The number of ether oxygens (including phenoxy) is 1. The van der Waals surface area contributed by atoms with Gasteiger partial charge in [-0.1, -0.05) is 23.5 Å². The molecular weight excluding hydrogens is 564 g/mol. The highest BCUT2D eigenvalue weighted by Gasteiger charge is 2.22. The highest BCUT2D eigenvalue weighted by molar-refractivity contribution is 7.90. The molecule has 0 amide bonds. The second-order valence-corrected chi connectivity index (χ2v) is 13.1. The second-order valence-electron chi connectivity index (χ2n) is 10.1. The summed E-state index contributed by atoms with van der Waals surface area (Å²) in [4.78, 5) is 33.9. The Balaban J connectivity index is 1.44. The molecule has 0 radical (unpaired) electrons. The zero-order chi connectivity index (χ0) is 29.1. The molecule has 5 rings (SSSR count). The number of likely N-dealkylation sites (tertiary alicyclic amines) is 1. The average Bonchev–Trinajstić information content (AvgIpc) is 3.63. The van der Waals surface area contributed by atoms with Crippen LogP contribution in [0.15, 0.2) is 35.5 Å². The number of esters is 1. The Morgan fingerprint density at radius 2 is 1.98 bits per heavy atom. The maximum Gasteiger partial charge on any atom is 0.350 e. The Morgan fingerprint density at radius 1 is 1.20 bits per heavy atom. The van der Waals surface area contributed by atoms with Crippen LogP contribution in [0.4, 0.5) is 16.9 Å². The van der Waals surface area contributed by atoms with Gasteiger partial charge in [0, 0.05) is 18.8 Å². The van der Waals surface area contributed by atoms with Gasteiger partial charge < -0.3 is 19.5 Å². The topological polar surface area (TPSA) is 144 Å². The van der Waals surface area contributed by atoms with Crippen molar-refractivity contribution in [3.63, 3.8) is 0 Å². The number of fused-ring (bicyclic) bond motifs is 1. The number of nitrogens with zero attached hydrogens (tertiary/aromatic N) is 6. The van der Waals surface area contributed by atoms with Crippen molar-refractivity contribution in [2.45, 2.75) is 50.6 Å². The van der Waals surface area contributed by atoms with Gasteiger partial charge in [-0.25, -0.2) is 23.2 Å². The smallest absolute Gasteiger partial charge is 0.350 e. The number of anilines is 3.